The number of nitrogens with one attached hydrogen (secondary N) is 3. The van der Waals surface area contributed by atoms with Gasteiger partial charge in [-0.05, 0) is 18.2 Å². The molecule has 1 heterocycles. The summed E-state index contributed by atoms with van der Waals surface area (Å²) in [6.07, 6.45) is 0. The number of halogens is 2. The van der Waals surface area contributed by atoms with Crippen molar-refractivity contribution in [1.82, 2.24) is 10.6 Å². The van der Waals surface area contributed by atoms with Gasteiger partial charge in [0, 0.05) is 36.7 Å². The highest BCUT2D eigenvalue weighted by Gasteiger charge is 2.22. The summed E-state index contributed by atoms with van der Waals surface area (Å²) in [5.41, 5.74) is -0.204. The average Bonchev–Trinajstić information content (AvgIpc) is 2.37. The maximum Gasteiger partial charge on any atom is 0.254 e. The van der Waals surface area contributed by atoms with Crippen molar-refractivity contribution in [3.63, 3.8) is 0 Å². The molecule has 0 saturated carbocycles. The van der Waals surface area contributed by atoms with Gasteiger partial charge in [0.05, 0.1) is 5.56 Å². The number of benzene rings is 1. The number of carbonyl (C=O) groups is 2. The summed E-state index contributed by atoms with van der Waals surface area (Å²) in [7, 11) is 0. The topological polar surface area (TPSA) is 70.2 Å². The molecule has 0 aliphatic carbocycles. The number of anilines is 1. The van der Waals surface area contributed by atoms with Crippen LogP contribution in [-0.4, -0.2) is 31.4 Å². The third kappa shape index (κ3) is 5.18. The summed E-state index contributed by atoms with van der Waals surface area (Å²) in [6.45, 7) is 7.60. The molecule has 0 spiro atoms. The van der Waals surface area contributed by atoms with E-state index in [0.717, 1.165) is 13.1 Å². The SMILES string of the molecule is CC(C)(C)C(=O)Nc1ccc(F)c(C(=O)NCC2CNC2)c1.Cl. The van der Waals surface area contributed by atoms with Gasteiger partial charge in [-0.25, -0.2) is 4.39 Å². The number of carbonyl (C=O) groups excluding carboxylic acids is 2. The summed E-state index contributed by atoms with van der Waals surface area (Å²) in [6, 6.07) is 4.01. The van der Waals surface area contributed by atoms with Crippen LogP contribution >= 0.6 is 12.4 Å². The Morgan fingerprint density at radius 1 is 1.30 bits per heavy atom. The minimum absolute atomic E-state index is 0. The first-order chi connectivity index (χ1) is 10.3. The van der Waals surface area contributed by atoms with Gasteiger partial charge < -0.3 is 16.0 Å². The summed E-state index contributed by atoms with van der Waals surface area (Å²) in [4.78, 5) is 24.0. The highest BCUT2D eigenvalue weighted by Crippen LogP contribution is 2.19. The Balaban J connectivity index is 0.00000264. The molecule has 3 N–H and O–H groups in total. The van der Waals surface area contributed by atoms with E-state index in [1.54, 1.807) is 20.8 Å². The molecular weight excluding hydrogens is 321 g/mol. The van der Waals surface area contributed by atoms with Crippen LogP contribution in [0.15, 0.2) is 18.2 Å². The largest absolute Gasteiger partial charge is 0.352 e. The molecule has 2 amide bonds. The van der Waals surface area contributed by atoms with Crippen LogP contribution in [0.25, 0.3) is 0 Å². The van der Waals surface area contributed by atoms with Crippen LogP contribution in [0.3, 0.4) is 0 Å². The molecule has 1 fully saturated rings. The Kier molecular flexibility index (Phi) is 6.53. The minimum atomic E-state index is -0.599. The second-order valence-corrected chi connectivity index (χ2v) is 6.63. The Labute approximate surface area is 141 Å². The summed E-state index contributed by atoms with van der Waals surface area (Å²) in [5.74, 6) is -0.851. The molecule has 7 heteroatoms. The van der Waals surface area contributed by atoms with Gasteiger partial charge in [-0.3, -0.25) is 9.59 Å². The first-order valence-electron chi connectivity index (χ1n) is 7.37. The van der Waals surface area contributed by atoms with Gasteiger partial charge in [0.1, 0.15) is 5.82 Å². The fraction of sp³-hybridized carbons (Fsp3) is 0.500. The number of rotatable bonds is 4. The van der Waals surface area contributed by atoms with Crippen LogP contribution in [0.2, 0.25) is 0 Å². The Morgan fingerprint density at radius 3 is 2.48 bits per heavy atom. The average molecular weight is 344 g/mol. The van der Waals surface area contributed by atoms with Crippen molar-refractivity contribution in [2.45, 2.75) is 20.8 Å². The molecule has 2 rings (SSSR count). The van der Waals surface area contributed by atoms with Crippen molar-refractivity contribution >= 4 is 29.9 Å². The van der Waals surface area contributed by atoms with Crippen molar-refractivity contribution in [1.29, 1.82) is 0 Å². The van der Waals surface area contributed by atoms with Gasteiger partial charge in [-0.1, -0.05) is 20.8 Å². The van der Waals surface area contributed by atoms with Crippen molar-refractivity contribution in [2.24, 2.45) is 11.3 Å². The zero-order valence-electron chi connectivity index (χ0n) is 13.5. The van der Waals surface area contributed by atoms with Crippen LogP contribution < -0.4 is 16.0 Å². The van der Waals surface area contributed by atoms with Gasteiger partial charge in [0.2, 0.25) is 5.91 Å². The van der Waals surface area contributed by atoms with E-state index in [4.69, 9.17) is 0 Å². The zero-order valence-corrected chi connectivity index (χ0v) is 14.3. The monoisotopic (exact) mass is 343 g/mol. The molecule has 0 unspecified atom stereocenters. The van der Waals surface area contributed by atoms with Gasteiger partial charge in [-0.15, -0.1) is 12.4 Å². The minimum Gasteiger partial charge on any atom is -0.352 e. The molecule has 1 saturated heterocycles. The molecule has 23 heavy (non-hydrogen) atoms. The fourth-order valence-corrected chi connectivity index (χ4v) is 1.92. The van der Waals surface area contributed by atoms with Crippen LogP contribution in [0.4, 0.5) is 10.1 Å². The Morgan fingerprint density at radius 2 is 1.96 bits per heavy atom. The highest BCUT2D eigenvalue weighted by atomic mass is 35.5. The zero-order chi connectivity index (χ0) is 16.3. The molecular formula is C16H23ClFN3O2. The second kappa shape index (κ2) is 7.75. The molecule has 1 aromatic carbocycles. The third-order valence-electron chi connectivity index (χ3n) is 3.57. The number of hydrogen-bond acceptors (Lipinski definition) is 3. The van der Waals surface area contributed by atoms with Gasteiger partial charge >= 0.3 is 0 Å². The van der Waals surface area contributed by atoms with E-state index in [1.165, 1.54) is 18.2 Å². The first kappa shape index (κ1) is 19.4. The van der Waals surface area contributed by atoms with Gasteiger partial charge in [0.15, 0.2) is 0 Å². The maximum atomic E-state index is 13.8. The molecule has 0 radical (unpaired) electrons. The van der Waals surface area contributed by atoms with Crippen LogP contribution in [0.1, 0.15) is 31.1 Å². The van der Waals surface area contributed by atoms with E-state index in [0.29, 0.717) is 18.2 Å². The van der Waals surface area contributed by atoms with Crippen molar-refractivity contribution in [3.05, 3.63) is 29.6 Å². The predicted octanol–water partition coefficient (Wildman–Crippen LogP) is 2.18. The first-order valence-corrected chi connectivity index (χ1v) is 7.37. The quantitative estimate of drug-likeness (QED) is 0.784. The molecule has 0 bridgehead atoms. The summed E-state index contributed by atoms with van der Waals surface area (Å²) in [5, 5.41) is 8.52. The van der Waals surface area contributed by atoms with Crippen molar-refractivity contribution in [2.75, 3.05) is 25.0 Å². The summed E-state index contributed by atoms with van der Waals surface area (Å²) < 4.78 is 13.8. The predicted molar refractivity (Wildman–Crippen MR) is 90.4 cm³/mol. The van der Waals surface area contributed by atoms with Crippen molar-refractivity contribution in [3.8, 4) is 0 Å². The van der Waals surface area contributed by atoms with E-state index in [-0.39, 0.29) is 23.9 Å². The maximum absolute atomic E-state index is 13.8. The van der Waals surface area contributed by atoms with E-state index in [2.05, 4.69) is 16.0 Å². The molecule has 1 aliphatic heterocycles. The second-order valence-electron chi connectivity index (χ2n) is 6.63. The van der Waals surface area contributed by atoms with E-state index in [1.807, 2.05) is 0 Å². The lowest BCUT2D eigenvalue weighted by molar-refractivity contribution is -0.123. The molecule has 1 aromatic rings. The molecule has 1 aliphatic rings. The van der Waals surface area contributed by atoms with Crippen LogP contribution in [-0.2, 0) is 4.79 Å². The van der Waals surface area contributed by atoms with Crippen LogP contribution in [0, 0.1) is 17.2 Å². The lowest BCUT2D eigenvalue weighted by Gasteiger charge is -2.27. The van der Waals surface area contributed by atoms with E-state index >= 15 is 0 Å². The van der Waals surface area contributed by atoms with Crippen LogP contribution in [0.5, 0.6) is 0 Å². The van der Waals surface area contributed by atoms with E-state index < -0.39 is 17.1 Å². The lowest BCUT2D eigenvalue weighted by Crippen LogP contribution is -2.48. The molecule has 5 nitrogen and oxygen atoms in total. The highest BCUT2D eigenvalue weighted by molar-refractivity contribution is 5.98. The summed E-state index contributed by atoms with van der Waals surface area (Å²) >= 11 is 0. The van der Waals surface area contributed by atoms with Gasteiger partial charge in [0.25, 0.3) is 5.91 Å². The molecule has 0 atom stereocenters. The number of hydrogen-bond donors (Lipinski definition) is 3. The van der Waals surface area contributed by atoms with Crippen molar-refractivity contribution < 1.29 is 14.0 Å². The number of amides is 2. The molecule has 128 valence electrons. The Bertz CT molecular complexity index is 583. The molecule has 0 aromatic heterocycles. The smallest absolute Gasteiger partial charge is 0.254 e. The standard InChI is InChI=1S/C16H22FN3O2.ClH/c1-16(2,3)15(22)20-11-4-5-13(17)12(6-11)14(21)19-9-10-7-18-8-10;/h4-6,10,18H,7-9H2,1-3H3,(H,19,21)(H,20,22);1H. The van der Waals surface area contributed by atoms with Gasteiger partial charge in [-0.2, -0.15) is 0 Å². The fourth-order valence-electron chi connectivity index (χ4n) is 1.92. The lowest BCUT2D eigenvalue weighted by atomic mass is 9.95. The van der Waals surface area contributed by atoms with E-state index in [9.17, 15) is 14.0 Å². The Hall–Kier alpha value is -1.66. The normalized spacial score (nSPS) is 14.4. The third-order valence-corrected chi connectivity index (χ3v) is 3.57.